The summed E-state index contributed by atoms with van der Waals surface area (Å²) in [5.41, 5.74) is 2.61. The summed E-state index contributed by atoms with van der Waals surface area (Å²) >= 11 is 0. The Morgan fingerprint density at radius 3 is 2.53 bits per heavy atom. The fourth-order valence-electron chi connectivity index (χ4n) is 1.82. The predicted octanol–water partition coefficient (Wildman–Crippen LogP) is 2.42. The van der Waals surface area contributed by atoms with Crippen LogP contribution in [0.5, 0.6) is 0 Å². The third-order valence-corrected chi connectivity index (χ3v) is 2.85. The molecule has 0 amide bonds. The van der Waals surface area contributed by atoms with Crippen molar-refractivity contribution >= 4 is 0 Å². The van der Waals surface area contributed by atoms with Crippen LogP contribution in [-0.4, -0.2) is 17.8 Å². The van der Waals surface area contributed by atoms with E-state index in [1.165, 1.54) is 11.1 Å². The first-order valence-corrected chi connectivity index (χ1v) is 5.61. The first-order valence-electron chi connectivity index (χ1n) is 5.61. The molecule has 0 aliphatic heterocycles. The van der Waals surface area contributed by atoms with Crippen molar-refractivity contribution in [2.45, 2.75) is 39.3 Å². The van der Waals surface area contributed by atoms with E-state index in [9.17, 15) is 0 Å². The van der Waals surface area contributed by atoms with Crippen LogP contribution in [0.1, 0.15) is 37.4 Å². The molecule has 0 spiro atoms. The SMILES string of the molecule is CCC(CO)NC(C)c1ccccc1C. The average Bonchev–Trinajstić information content (AvgIpc) is 2.26. The molecule has 1 aromatic rings. The Hall–Kier alpha value is -0.860. The molecule has 0 bridgehead atoms. The molecule has 84 valence electrons. The largest absolute Gasteiger partial charge is 0.395 e. The van der Waals surface area contributed by atoms with Crippen molar-refractivity contribution in [1.29, 1.82) is 0 Å². The van der Waals surface area contributed by atoms with E-state index in [1.54, 1.807) is 0 Å². The van der Waals surface area contributed by atoms with Gasteiger partial charge in [-0.2, -0.15) is 0 Å². The number of aliphatic hydroxyl groups excluding tert-OH is 1. The van der Waals surface area contributed by atoms with Crippen LogP contribution in [0.2, 0.25) is 0 Å². The van der Waals surface area contributed by atoms with Crippen LogP contribution in [0.4, 0.5) is 0 Å². The maximum Gasteiger partial charge on any atom is 0.0584 e. The molecule has 2 unspecified atom stereocenters. The lowest BCUT2D eigenvalue weighted by Crippen LogP contribution is -2.34. The highest BCUT2D eigenvalue weighted by atomic mass is 16.3. The molecule has 1 aromatic carbocycles. The van der Waals surface area contributed by atoms with Gasteiger partial charge in [0.1, 0.15) is 0 Å². The van der Waals surface area contributed by atoms with Crippen LogP contribution in [0, 0.1) is 6.92 Å². The fraction of sp³-hybridized carbons (Fsp3) is 0.538. The van der Waals surface area contributed by atoms with Gasteiger partial charge in [-0.15, -0.1) is 0 Å². The molecule has 2 N–H and O–H groups in total. The number of aliphatic hydroxyl groups is 1. The zero-order valence-corrected chi connectivity index (χ0v) is 9.83. The second kappa shape index (κ2) is 5.89. The molecule has 0 aliphatic carbocycles. The Bertz CT molecular complexity index is 294. The number of aryl methyl sites for hydroxylation is 1. The van der Waals surface area contributed by atoms with Crippen molar-refractivity contribution in [2.75, 3.05) is 6.61 Å². The Morgan fingerprint density at radius 1 is 1.33 bits per heavy atom. The second-order valence-electron chi connectivity index (χ2n) is 4.03. The van der Waals surface area contributed by atoms with E-state index in [1.807, 2.05) is 0 Å². The molecule has 0 heterocycles. The van der Waals surface area contributed by atoms with E-state index in [4.69, 9.17) is 5.11 Å². The molecule has 15 heavy (non-hydrogen) atoms. The summed E-state index contributed by atoms with van der Waals surface area (Å²) in [6, 6.07) is 8.85. The quantitative estimate of drug-likeness (QED) is 0.777. The molecule has 2 nitrogen and oxygen atoms in total. The molecule has 2 atom stereocenters. The third kappa shape index (κ3) is 3.33. The van der Waals surface area contributed by atoms with Crippen molar-refractivity contribution in [3.8, 4) is 0 Å². The van der Waals surface area contributed by atoms with Gasteiger partial charge in [0.25, 0.3) is 0 Å². The minimum Gasteiger partial charge on any atom is -0.395 e. The molecule has 0 radical (unpaired) electrons. The van der Waals surface area contributed by atoms with Gasteiger partial charge >= 0.3 is 0 Å². The van der Waals surface area contributed by atoms with Crippen LogP contribution in [0.3, 0.4) is 0 Å². The third-order valence-electron chi connectivity index (χ3n) is 2.85. The zero-order valence-electron chi connectivity index (χ0n) is 9.83. The van der Waals surface area contributed by atoms with E-state index in [0.717, 1.165) is 6.42 Å². The Balaban J connectivity index is 2.68. The van der Waals surface area contributed by atoms with E-state index in [2.05, 4.69) is 50.4 Å². The standard InChI is InChI=1S/C13H21NO/c1-4-12(9-15)14-11(3)13-8-6-5-7-10(13)2/h5-8,11-12,14-15H,4,9H2,1-3H3. The van der Waals surface area contributed by atoms with Crippen molar-refractivity contribution in [3.05, 3.63) is 35.4 Å². The number of hydrogen-bond donors (Lipinski definition) is 2. The van der Waals surface area contributed by atoms with Gasteiger partial charge in [0.15, 0.2) is 0 Å². The van der Waals surface area contributed by atoms with Gasteiger partial charge in [-0.25, -0.2) is 0 Å². The van der Waals surface area contributed by atoms with Gasteiger partial charge in [0, 0.05) is 12.1 Å². The summed E-state index contributed by atoms with van der Waals surface area (Å²) in [4.78, 5) is 0. The van der Waals surface area contributed by atoms with Crippen molar-refractivity contribution in [2.24, 2.45) is 0 Å². The molecule has 0 aromatic heterocycles. The van der Waals surface area contributed by atoms with Crippen molar-refractivity contribution in [3.63, 3.8) is 0 Å². The van der Waals surface area contributed by atoms with Crippen LogP contribution < -0.4 is 5.32 Å². The fourth-order valence-corrected chi connectivity index (χ4v) is 1.82. The van der Waals surface area contributed by atoms with Gasteiger partial charge < -0.3 is 10.4 Å². The minimum atomic E-state index is 0.194. The number of hydrogen-bond acceptors (Lipinski definition) is 2. The van der Waals surface area contributed by atoms with E-state index >= 15 is 0 Å². The van der Waals surface area contributed by atoms with E-state index in [-0.39, 0.29) is 12.6 Å². The zero-order chi connectivity index (χ0) is 11.3. The topological polar surface area (TPSA) is 32.3 Å². The molecule has 0 aliphatic rings. The summed E-state index contributed by atoms with van der Waals surface area (Å²) in [5.74, 6) is 0. The maximum atomic E-state index is 9.13. The lowest BCUT2D eigenvalue weighted by Gasteiger charge is -2.22. The first-order chi connectivity index (χ1) is 7.19. The molecular weight excluding hydrogens is 186 g/mol. The van der Waals surface area contributed by atoms with Gasteiger partial charge in [0.05, 0.1) is 6.61 Å². The lowest BCUT2D eigenvalue weighted by molar-refractivity contribution is 0.230. The van der Waals surface area contributed by atoms with Crippen LogP contribution in [0.25, 0.3) is 0 Å². The van der Waals surface area contributed by atoms with E-state index < -0.39 is 0 Å². The monoisotopic (exact) mass is 207 g/mol. The normalized spacial score (nSPS) is 14.9. The Kier molecular flexibility index (Phi) is 4.79. The molecule has 1 rings (SSSR count). The number of rotatable bonds is 5. The van der Waals surface area contributed by atoms with Gasteiger partial charge in [0.2, 0.25) is 0 Å². The first kappa shape index (κ1) is 12.2. The highest BCUT2D eigenvalue weighted by molar-refractivity contribution is 5.28. The van der Waals surface area contributed by atoms with E-state index in [0.29, 0.717) is 6.04 Å². The maximum absolute atomic E-state index is 9.13. The van der Waals surface area contributed by atoms with Crippen LogP contribution in [-0.2, 0) is 0 Å². The molecule has 0 fully saturated rings. The Labute approximate surface area is 92.3 Å². The molecule has 0 saturated carbocycles. The highest BCUT2D eigenvalue weighted by Crippen LogP contribution is 2.17. The number of benzene rings is 1. The second-order valence-corrected chi connectivity index (χ2v) is 4.03. The van der Waals surface area contributed by atoms with Gasteiger partial charge in [-0.3, -0.25) is 0 Å². The van der Waals surface area contributed by atoms with Crippen molar-refractivity contribution < 1.29 is 5.11 Å². The molecular formula is C13H21NO. The van der Waals surface area contributed by atoms with Crippen LogP contribution >= 0.6 is 0 Å². The van der Waals surface area contributed by atoms with Gasteiger partial charge in [-0.1, -0.05) is 31.2 Å². The highest BCUT2D eigenvalue weighted by Gasteiger charge is 2.11. The minimum absolute atomic E-state index is 0.194. The number of nitrogens with one attached hydrogen (secondary N) is 1. The van der Waals surface area contributed by atoms with Gasteiger partial charge in [-0.05, 0) is 31.4 Å². The smallest absolute Gasteiger partial charge is 0.0584 e. The van der Waals surface area contributed by atoms with Crippen molar-refractivity contribution in [1.82, 2.24) is 5.32 Å². The van der Waals surface area contributed by atoms with Crippen LogP contribution in [0.15, 0.2) is 24.3 Å². The summed E-state index contributed by atoms with van der Waals surface area (Å²) < 4.78 is 0. The summed E-state index contributed by atoms with van der Waals surface area (Å²) in [6.45, 7) is 6.54. The average molecular weight is 207 g/mol. The summed E-state index contributed by atoms with van der Waals surface area (Å²) in [6.07, 6.45) is 0.951. The molecule has 2 heteroatoms. The lowest BCUT2D eigenvalue weighted by atomic mass is 10.0. The Morgan fingerprint density at radius 2 is 2.00 bits per heavy atom. The molecule has 0 saturated heterocycles. The summed E-state index contributed by atoms with van der Waals surface area (Å²) in [5, 5.41) is 12.6. The predicted molar refractivity (Wildman–Crippen MR) is 63.9 cm³/mol. The summed E-state index contributed by atoms with van der Waals surface area (Å²) in [7, 11) is 0.